The Bertz CT molecular complexity index is 981. The highest BCUT2D eigenvalue weighted by molar-refractivity contribution is 7.13. The van der Waals surface area contributed by atoms with Gasteiger partial charge >= 0.3 is 0 Å². The first-order valence-corrected chi connectivity index (χ1v) is 12.1. The van der Waals surface area contributed by atoms with Crippen LogP contribution < -0.4 is 4.74 Å². The summed E-state index contributed by atoms with van der Waals surface area (Å²) in [5.41, 5.74) is 3.72. The minimum atomic E-state index is 0.455. The van der Waals surface area contributed by atoms with Crippen LogP contribution in [0.1, 0.15) is 57.7 Å². The molecule has 2 aromatic heterocycles. The second-order valence-corrected chi connectivity index (χ2v) is 9.34. The van der Waals surface area contributed by atoms with E-state index in [0.717, 1.165) is 42.9 Å². The van der Waals surface area contributed by atoms with E-state index in [1.807, 2.05) is 0 Å². The molecule has 1 atom stereocenters. The first-order chi connectivity index (χ1) is 14.3. The highest BCUT2D eigenvalue weighted by atomic mass is 32.1. The van der Waals surface area contributed by atoms with Gasteiger partial charge in [-0.2, -0.15) is 0 Å². The third kappa shape index (κ3) is 3.49. The average molecular weight is 410 g/mol. The molecule has 1 fully saturated rings. The van der Waals surface area contributed by atoms with Crippen molar-refractivity contribution in [2.75, 3.05) is 19.7 Å². The summed E-state index contributed by atoms with van der Waals surface area (Å²) in [4.78, 5) is 7.44. The monoisotopic (exact) mass is 409 g/mol. The zero-order valence-electron chi connectivity index (χ0n) is 17.6. The van der Waals surface area contributed by atoms with Crippen LogP contribution in [0.3, 0.4) is 0 Å². The Balaban J connectivity index is 1.53. The van der Waals surface area contributed by atoms with Gasteiger partial charge in [0.2, 0.25) is 0 Å². The summed E-state index contributed by atoms with van der Waals surface area (Å²) in [6, 6.07) is 6.93. The minimum Gasteiger partial charge on any atom is -0.489 e. The van der Waals surface area contributed by atoms with Crippen LogP contribution in [0.5, 0.6) is 5.75 Å². The van der Waals surface area contributed by atoms with E-state index in [9.17, 15) is 0 Å². The number of nitrogens with zero attached hydrogens (tertiary/aromatic N) is 3. The van der Waals surface area contributed by atoms with Crippen molar-refractivity contribution >= 4 is 22.2 Å². The van der Waals surface area contributed by atoms with Gasteiger partial charge in [0, 0.05) is 29.1 Å². The Hall–Kier alpha value is -1.85. The molecule has 1 aliphatic heterocycles. The highest BCUT2D eigenvalue weighted by Gasteiger charge is 2.32. The van der Waals surface area contributed by atoms with Crippen LogP contribution in [0.15, 0.2) is 29.8 Å². The molecule has 1 saturated carbocycles. The van der Waals surface area contributed by atoms with Crippen molar-refractivity contribution in [2.24, 2.45) is 5.92 Å². The van der Waals surface area contributed by atoms with Gasteiger partial charge in [-0.1, -0.05) is 45.2 Å². The SMILES string of the molecule is CCN(CC)Cc1csc(-c2cn3c4c(cccc24)OC[C@H]3C2CCCCC2)n1. The predicted octanol–water partition coefficient (Wildman–Crippen LogP) is 6.12. The third-order valence-corrected chi connectivity index (χ3v) is 7.76. The van der Waals surface area contributed by atoms with Crippen LogP contribution in [0, 0.1) is 5.92 Å². The molecule has 4 nitrogen and oxygen atoms in total. The van der Waals surface area contributed by atoms with Gasteiger partial charge in [-0.25, -0.2) is 4.98 Å². The maximum absolute atomic E-state index is 6.25. The zero-order valence-corrected chi connectivity index (χ0v) is 18.4. The van der Waals surface area contributed by atoms with Crippen LogP contribution in [-0.2, 0) is 6.54 Å². The molecule has 5 heteroatoms. The maximum atomic E-state index is 6.25. The molecular weight excluding hydrogens is 378 g/mol. The Labute approximate surface area is 177 Å². The number of hydrogen-bond donors (Lipinski definition) is 0. The maximum Gasteiger partial charge on any atom is 0.143 e. The Morgan fingerprint density at radius 3 is 2.79 bits per heavy atom. The molecule has 5 rings (SSSR count). The molecule has 2 aliphatic rings. The number of hydrogen-bond acceptors (Lipinski definition) is 4. The molecule has 1 aromatic carbocycles. The molecule has 0 spiro atoms. The number of rotatable bonds is 6. The summed E-state index contributed by atoms with van der Waals surface area (Å²) in [7, 11) is 0. The lowest BCUT2D eigenvalue weighted by molar-refractivity contribution is 0.158. The molecule has 0 N–H and O–H groups in total. The van der Waals surface area contributed by atoms with Crippen molar-refractivity contribution in [3.63, 3.8) is 0 Å². The third-order valence-electron chi connectivity index (χ3n) is 6.84. The summed E-state index contributed by atoms with van der Waals surface area (Å²) >= 11 is 1.78. The van der Waals surface area contributed by atoms with Crippen molar-refractivity contribution < 1.29 is 4.74 Å². The molecule has 0 unspecified atom stereocenters. The Morgan fingerprint density at radius 1 is 1.17 bits per heavy atom. The number of para-hydroxylation sites is 1. The molecule has 0 amide bonds. The second-order valence-electron chi connectivity index (χ2n) is 8.48. The van der Waals surface area contributed by atoms with Crippen LogP contribution in [0.4, 0.5) is 0 Å². The summed E-state index contributed by atoms with van der Waals surface area (Å²) in [5, 5.41) is 4.65. The van der Waals surface area contributed by atoms with Crippen molar-refractivity contribution in [2.45, 2.75) is 58.5 Å². The van der Waals surface area contributed by atoms with Crippen molar-refractivity contribution in [1.82, 2.24) is 14.5 Å². The topological polar surface area (TPSA) is 30.3 Å². The van der Waals surface area contributed by atoms with E-state index in [4.69, 9.17) is 9.72 Å². The van der Waals surface area contributed by atoms with Gasteiger partial charge in [0.15, 0.2) is 0 Å². The van der Waals surface area contributed by atoms with Crippen LogP contribution in [0.25, 0.3) is 21.5 Å². The summed E-state index contributed by atoms with van der Waals surface area (Å²) in [6.45, 7) is 8.29. The first-order valence-electron chi connectivity index (χ1n) is 11.2. The van der Waals surface area contributed by atoms with Crippen molar-refractivity contribution in [3.05, 3.63) is 35.5 Å². The standard InChI is InChI=1S/C24H31N3OS/c1-3-26(4-2)13-18-16-29-24(25-18)20-14-27-21(17-9-6-5-7-10-17)15-28-22-12-8-11-19(20)23(22)27/h8,11-12,14,16-17,21H,3-7,9-10,13,15H2,1-2H3/t21-/m0/s1. The lowest BCUT2D eigenvalue weighted by Gasteiger charge is -2.34. The molecule has 3 aromatic rings. The second kappa shape index (κ2) is 8.11. The molecule has 0 bridgehead atoms. The Kier molecular flexibility index (Phi) is 5.35. The molecule has 154 valence electrons. The molecule has 0 saturated heterocycles. The van der Waals surface area contributed by atoms with Crippen LogP contribution in [0.2, 0.25) is 0 Å². The lowest BCUT2D eigenvalue weighted by atomic mass is 9.83. The van der Waals surface area contributed by atoms with E-state index in [1.165, 1.54) is 54.3 Å². The average Bonchev–Trinajstić information content (AvgIpc) is 3.39. The quantitative estimate of drug-likeness (QED) is 0.491. The van der Waals surface area contributed by atoms with E-state index in [-0.39, 0.29) is 0 Å². The van der Waals surface area contributed by atoms with Crippen LogP contribution >= 0.6 is 11.3 Å². The first kappa shape index (κ1) is 19.1. The van der Waals surface area contributed by atoms with Gasteiger partial charge in [-0.05, 0) is 37.9 Å². The smallest absolute Gasteiger partial charge is 0.143 e. The fraction of sp³-hybridized carbons (Fsp3) is 0.542. The predicted molar refractivity (Wildman–Crippen MR) is 121 cm³/mol. The minimum absolute atomic E-state index is 0.455. The number of ether oxygens (including phenoxy) is 1. The van der Waals surface area contributed by atoms with E-state index in [1.54, 1.807) is 11.3 Å². The highest BCUT2D eigenvalue weighted by Crippen LogP contribution is 2.44. The molecular formula is C24H31N3OS. The largest absolute Gasteiger partial charge is 0.489 e. The van der Waals surface area contributed by atoms with Gasteiger partial charge < -0.3 is 9.30 Å². The molecule has 29 heavy (non-hydrogen) atoms. The number of aromatic nitrogens is 2. The van der Waals surface area contributed by atoms with E-state index < -0.39 is 0 Å². The van der Waals surface area contributed by atoms with Crippen molar-refractivity contribution in [3.8, 4) is 16.3 Å². The van der Waals surface area contributed by atoms with Crippen LogP contribution in [-0.4, -0.2) is 34.1 Å². The summed E-state index contributed by atoms with van der Waals surface area (Å²) in [5.74, 6) is 1.76. The summed E-state index contributed by atoms with van der Waals surface area (Å²) in [6.07, 6.45) is 9.15. The van der Waals surface area contributed by atoms with Gasteiger partial charge in [0.1, 0.15) is 17.4 Å². The van der Waals surface area contributed by atoms with E-state index in [0.29, 0.717) is 6.04 Å². The Morgan fingerprint density at radius 2 is 2.00 bits per heavy atom. The lowest BCUT2D eigenvalue weighted by Crippen LogP contribution is -2.29. The van der Waals surface area contributed by atoms with E-state index in [2.05, 4.69) is 53.1 Å². The fourth-order valence-electron chi connectivity index (χ4n) is 5.14. The van der Waals surface area contributed by atoms with Gasteiger partial charge in [-0.15, -0.1) is 11.3 Å². The normalized spacial score (nSPS) is 19.8. The van der Waals surface area contributed by atoms with Gasteiger partial charge in [0.25, 0.3) is 0 Å². The van der Waals surface area contributed by atoms with Crippen molar-refractivity contribution in [1.29, 1.82) is 0 Å². The number of thiazole rings is 1. The molecule has 3 heterocycles. The number of benzene rings is 1. The zero-order chi connectivity index (χ0) is 19.8. The van der Waals surface area contributed by atoms with Gasteiger partial charge in [0.05, 0.1) is 17.3 Å². The fourth-order valence-corrected chi connectivity index (χ4v) is 5.98. The summed E-state index contributed by atoms with van der Waals surface area (Å²) < 4.78 is 8.79. The molecule has 1 aliphatic carbocycles. The van der Waals surface area contributed by atoms with Gasteiger partial charge in [-0.3, -0.25) is 4.90 Å². The molecule has 0 radical (unpaired) electrons. The van der Waals surface area contributed by atoms with E-state index >= 15 is 0 Å².